The smallest absolute Gasteiger partial charge is 0.319 e. The highest BCUT2D eigenvalue weighted by Crippen LogP contribution is 2.54. The predicted octanol–water partition coefficient (Wildman–Crippen LogP) is 8.36. The van der Waals surface area contributed by atoms with Gasteiger partial charge in [-0.05, 0) is 173 Å². The zero-order valence-electron chi connectivity index (χ0n) is 40.9. The minimum Gasteiger partial charge on any atom is -0.508 e. The van der Waals surface area contributed by atoms with E-state index >= 15 is 17.6 Å². The molecule has 2 aromatic heterocycles. The molecule has 2 amide bonds. The first kappa shape index (κ1) is 47.4. The molecule has 5 aliphatic heterocycles. The van der Waals surface area contributed by atoms with E-state index in [9.17, 15) is 14.7 Å². The lowest BCUT2D eigenvalue weighted by Crippen LogP contribution is -2.51. The van der Waals surface area contributed by atoms with E-state index in [1.54, 1.807) is 18.3 Å². The van der Waals surface area contributed by atoms with Gasteiger partial charge in [0.1, 0.15) is 52.0 Å². The third-order valence-electron chi connectivity index (χ3n) is 17.5. The Bertz CT molecular complexity index is 2910. The minimum atomic E-state index is -0.858. The first-order chi connectivity index (χ1) is 34.8. The summed E-state index contributed by atoms with van der Waals surface area (Å²) >= 11 is 0. The number of piperidine rings is 3. The third-order valence-corrected chi connectivity index (χ3v) is 17.5. The number of nitrogens with zero attached hydrogens (tertiary/aromatic N) is 6. The molecule has 0 radical (unpaired) electrons. The van der Waals surface area contributed by atoms with Crippen LogP contribution in [-0.4, -0.2) is 119 Å². The van der Waals surface area contributed by atoms with Crippen molar-refractivity contribution in [3.05, 3.63) is 77.0 Å². The average Bonchev–Trinajstić information content (AvgIpc) is 4.04. The summed E-state index contributed by atoms with van der Waals surface area (Å²) in [5.41, 5.74) is 1.50. The maximum Gasteiger partial charge on any atom is 0.319 e. The number of anilines is 2. The van der Waals surface area contributed by atoms with Crippen LogP contribution >= 0.6 is 0 Å². The molecule has 1 spiro atoms. The molecule has 5 aromatic rings. The molecule has 12 rings (SSSR count). The number of pyridine rings is 1. The zero-order chi connectivity index (χ0) is 49.5. The van der Waals surface area contributed by atoms with Crippen molar-refractivity contribution in [1.82, 2.24) is 35.4 Å². The molecule has 7 fully saturated rings. The molecule has 17 heteroatoms. The molecule has 3 unspecified atom stereocenters. The van der Waals surface area contributed by atoms with E-state index in [0.717, 1.165) is 90.9 Å². The predicted molar refractivity (Wildman–Crippen MR) is 266 cm³/mol. The van der Waals surface area contributed by atoms with Crippen molar-refractivity contribution >= 4 is 45.0 Å². The van der Waals surface area contributed by atoms with Crippen LogP contribution in [0.5, 0.6) is 11.8 Å². The maximum atomic E-state index is 17.2. The van der Waals surface area contributed by atoms with Crippen LogP contribution < -0.4 is 25.6 Å². The van der Waals surface area contributed by atoms with Crippen molar-refractivity contribution in [2.24, 2.45) is 16.7 Å². The number of imide groups is 1. The molecule has 3 aromatic carbocycles. The largest absolute Gasteiger partial charge is 0.508 e. The van der Waals surface area contributed by atoms with Gasteiger partial charge in [0.05, 0.1) is 12.0 Å². The van der Waals surface area contributed by atoms with Crippen molar-refractivity contribution in [3.8, 4) is 23.0 Å². The highest BCUT2D eigenvalue weighted by molar-refractivity contribution is 6.02. The van der Waals surface area contributed by atoms with Crippen molar-refractivity contribution < 1.29 is 37.0 Å². The Labute approximate surface area is 416 Å². The van der Waals surface area contributed by atoms with Crippen LogP contribution in [0.25, 0.3) is 32.9 Å². The summed E-state index contributed by atoms with van der Waals surface area (Å²) in [7, 11) is 0. The highest BCUT2D eigenvalue weighted by atomic mass is 19.1. The first-order valence-electron chi connectivity index (χ1n) is 26.3. The molecule has 4 N–H and O–H groups in total. The van der Waals surface area contributed by atoms with Gasteiger partial charge < -0.3 is 35.2 Å². The highest BCUT2D eigenvalue weighted by Gasteiger charge is 2.50. The number of amides is 2. The van der Waals surface area contributed by atoms with Gasteiger partial charge in [0, 0.05) is 61.9 Å². The number of aromatic hydroxyl groups is 1. The Balaban J connectivity index is 0.664. The number of phenols is 1. The monoisotopic (exact) mass is 989 g/mol. The van der Waals surface area contributed by atoms with E-state index in [1.807, 2.05) is 6.92 Å². The summed E-state index contributed by atoms with van der Waals surface area (Å²) in [6, 6.07) is 8.67. The second kappa shape index (κ2) is 18.7. The van der Waals surface area contributed by atoms with Gasteiger partial charge in [-0.25, -0.2) is 17.6 Å². The molecule has 7 aliphatic rings. The Morgan fingerprint density at radius 2 is 1.60 bits per heavy atom. The SMILES string of the molecule is CCc1c(F)ccc2cc(O)cc(-c3ncc4c(N5CC6CCC(C5)N6)nc(OCC5(CN6CCC7(CC6)CC(CN6CCC(c8cc(F)c(NC9CCC(=O)NC9=O)c(F)c8)CC6)C7)CC5)nc4c3F)c12. The minimum absolute atomic E-state index is 0.0135. The first-order valence-corrected chi connectivity index (χ1v) is 26.3. The van der Waals surface area contributed by atoms with Crippen LogP contribution in [0.15, 0.2) is 42.6 Å². The summed E-state index contributed by atoms with van der Waals surface area (Å²) in [4.78, 5) is 45.4. The number of hydrogen-bond donors (Lipinski definition) is 4. The molecule has 7 heterocycles. The molecule has 5 saturated heterocycles. The number of halogens is 4. The molecular weight excluding hydrogens is 927 g/mol. The van der Waals surface area contributed by atoms with Gasteiger partial charge >= 0.3 is 6.01 Å². The number of aryl methyl sites for hydroxylation is 1. The zero-order valence-corrected chi connectivity index (χ0v) is 40.9. The van der Waals surface area contributed by atoms with Crippen LogP contribution in [0.2, 0.25) is 0 Å². The van der Waals surface area contributed by atoms with Crippen molar-refractivity contribution in [2.75, 3.05) is 69.2 Å². The normalized spacial score (nSPS) is 24.5. The van der Waals surface area contributed by atoms with Gasteiger partial charge in [-0.15, -0.1) is 0 Å². The Morgan fingerprint density at radius 3 is 2.29 bits per heavy atom. The summed E-state index contributed by atoms with van der Waals surface area (Å²) in [6.07, 6.45) is 13.0. The topological polar surface area (TPSA) is 148 Å². The number of fused-ring (bicyclic) bond motifs is 4. The molecule has 13 nitrogen and oxygen atoms in total. The molecule has 2 aliphatic carbocycles. The maximum absolute atomic E-state index is 17.2. The van der Waals surface area contributed by atoms with E-state index in [4.69, 9.17) is 14.7 Å². The summed E-state index contributed by atoms with van der Waals surface area (Å²) in [5.74, 6) is -2.20. The van der Waals surface area contributed by atoms with Gasteiger partial charge in [-0.1, -0.05) is 13.0 Å². The van der Waals surface area contributed by atoms with Crippen molar-refractivity contribution in [3.63, 3.8) is 0 Å². The van der Waals surface area contributed by atoms with Gasteiger partial charge in [-0.3, -0.25) is 19.9 Å². The van der Waals surface area contributed by atoms with E-state index in [0.29, 0.717) is 75.1 Å². The second-order valence-corrected chi connectivity index (χ2v) is 22.4. The molecule has 380 valence electrons. The summed E-state index contributed by atoms with van der Waals surface area (Å²) < 4.78 is 69.3. The number of phenolic OH excluding ortho intramolecular Hbond substituents is 1. The number of hydrogen-bond acceptors (Lipinski definition) is 12. The number of likely N-dealkylation sites (tertiary alicyclic amines) is 2. The summed E-state index contributed by atoms with van der Waals surface area (Å²) in [6.45, 7) is 9.58. The quantitative estimate of drug-likeness (QED) is 0.0664. The van der Waals surface area contributed by atoms with Gasteiger partial charge in [0.2, 0.25) is 11.8 Å². The van der Waals surface area contributed by atoms with Crippen LogP contribution in [0.1, 0.15) is 101 Å². The van der Waals surface area contributed by atoms with Crippen molar-refractivity contribution in [2.45, 2.75) is 114 Å². The van der Waals surface area contributed by atoms with Gasteiger partial charge in [0.25, 0.3) is 0 Å². The number of benzene rings is 3. The molecule has 2 bridgehead atoms. The molecular formula is C55H63F4N9O4. The van der Waals surface area contributed by atoms with Crippen LogP contribution in [0.3, 0.4) is 0 Å². The standard InChI is InChI=1S/C55H63F4N9O4/c1-2-38-41(56)6-3-33-19-37(69)22-39(46(33)38)48-47(59)49-40(25-60-48)51(68-27-35-4-5-36(28-68)61-35)65-53(64-49)72-30-55(11-12-55)29-67-17-13-54(14-18-67)23-31(24-54)26-66-15-9-32(10-16-66)34-20-42(57)50(43(58)21-34)62-44-7-8-45(70)63-52(44)71/h3,6,19-22,25,31-32,35-36,44,61-62,69H,2,4-5,7-18,23-24,26-30H2,1H3,(H,63,70,71). The van der Waals surface area contributed by atoms with E-state index < -0.39 is 35.2 Å². The number of aromatic nitrogens is 3. The number of carbonyl (C=O) groups excluding carboxylic acids is 2. The van der Waals surface area contributed by atoms with Gasteiger partial charge in [0.15, 0.2) is 5.82 Å². The number of piperazine rings is 1. The van der Waals surface area contributed by atoms with Crippen LogP contribution in [0, 0.1) is 40.0 Å². The fourth-order valence-corrected chi connectivity index (χ4v) is 13.4. The second-order valence-electron chi connectivity index (χ2n) is 22.4. The fourth-order valence-electron chi connectivity index (χ4n) is 13.4. The van der Waals surface area contributed by atoms with Gasteiger partial charge in [-0.2, -0.15) is 9.97 Å². The lowest BCUT2D eigenvalue weighted by atomic mass is 9.57. The van der Waals surface area contributed by atoms with E-state index in [2.05, 4.69) is 35.6 Å². The fraction of sp³-hybridized carbons (Fsp3) is 0.545. The van der Waals surface area contributed by atoms with E-state index in [-0.39, 0.29) is 58.7 Å². The molecule has 72 heavy (non-hydrogen) atoms. The number of rotatable bonds is 13. The number of carbonyl (C=O) groups is 2. The molecule has 2 saturated carbocycles. The third kappa shape index (κ3) is 9.11. The van der Waals surface area contributed by atoms with Crippen LogP contribution in [0.4, 0.5) is 29.1 Å². The number of nitrogens with one attached hydrogen (secondary N) is 3. The Hall–Kier alpha value is -5.65. The summed E-state index contributed by atoms with van der Waals surface area (Å²) in [5, 5.41) is 20.9. The Morgan fingerprint density at radius 1 is 0.861 bits per heavy atom. The lowest BCUT2D eigenvalue weighted by molar-refractivity contribution is -0.133. The number of ether oxygens (including phenoxy) is 1. The average molecular weight is 990 g/mol. The molecule has 3 atom stereocenters. The van der Waals surface area contributed by atoms with E-state index in [1.165, 1.54) is 49.9 Å². The van der Waals surface area contributed by atoms with Crippen LogP contribution in [-0.2, 0) is 16.0 Å². The Kier molecular flexibility index (Phi) is 12.3. The van der Waals surface area contributed by atoms with Crippen molar-refractivity contribution in [1.29, 1.82) is 0 Å². The lowest BCUT2D eigenvalue weighted by Gasteiger charge is -2.54.